The zero-order valence-electron chi connectivity index (χ0n) is 6.30. The van der Waals surface area contributed by atoms with Gasteiger partial charge in [0.2, 0.25) is 0 Å². The third-order valence-electron chi connectivity index (χ3n) is 2.13. The molecule has 0 spiro atoms. The van der Waals surface area contributed by atoms with Crippen molar-refractivity contribution in [2.75, 3.05) is 0 Å². The lowest BCUT2D eigenvalue weighted by Crippen LogP contribution is -1.90. The second-order valence-corrected chi connectivity index (χ2v) is 3.23. The van der Waals surface area contributed by atoms with Crippen molar-refractivity contribution in [3.05, 3.63) is 28.3 Å². The van der Waals surface area contributed by atoms with Crippen LogP contribution in [-0.4, -0.2) is 10.9 Å². The van der Waals surface area contributed by atoms with Crippen LogP contribution in [0, 0.1) is 0 Å². The Morgan fingerprint density at radius 2 is 2.00 bits per heavy atom. The summed E-state index contributed by atoms with van der Waals surface area (Å²) in [5.74, 6) is 0.178. The van der Waals surface area contributed by atoms with Gasteiger partial charge in [-0.05, 0) is 24.1 Å². The van der Waals surface area contributed by atoms with Crippen LogP contribution in [0.3, 0.4) is 0 Å². The van der Waals surface area contributed by atoms with E-state index < -0.39 is 0 Å². The minimum absolute atomic E-state index is 0. The number of benzene rings is 1. The van der Waals surface area contributed by atoms with Crippen LogP contribution in [0.2, 0.25) is 5.02 Å². The van der Waals surface area contributed by atoms with Gasteiger partial charge in [0.15, 0.2) is 5.78 Å². The zero-order chi connectivity index (χ0) is 8.72. The average Bonchev–Trinajstić information content (AvgIpc) is 2.41. The molecule has 70 valence electrons. The van der Waals surface area contributed by atoms with E-state index in [1.807, 2.05) is 0 Å². The van der Waals surface area contributed by atoms with Gasteiger partial charge in [0, 0.05) is 12.0 Å². The number of phenolic OH excluding ortho intramolecular Hbond substituents is 1. The Bertz CT molecular complexity index is 358. The molecular weight excluding hydrogens is 188 g/mol. The number of carbonyl (C=O) groups excluding carboxylic acids is 1. The first kappa shape index (κ1) is 10.1. The van der Waals surface area contributed by atoms with Gasteiger partial charge in [-0.25, -0.2) is 0 Å². The molecule has 0 radical (unpaired) electrons. The molecule has 0 amide bonds. The predicted octanol–water partition coefficient (Wildman–Crippen LogP) is 2.81. The topological polar surface area (TPSA) is 37.3 Å². The normalized spacial score (nSPS) is 13.8. The van der Waals surface area contributed by atoms with Crippen molar-refractivity contribution in [1.29, 1.82) is 0 Å². The van der Waals surface area contributed by atoms with Crippen LogP contribution in [0.5, 0.6) is 5.75 Å². The van der Waals surface area contributed by atoms with Gasteiger partial charge in [-0.15, -0.1) is 0 Å². The number of carbonyl (C=O) groups is 1. The Hall–Kier alpha value is -1.02. The first-order chi connectivity index (χ1) is 5.70. The summed E-state index contributed by atoms with van der Waals surface area (Å²) < 4.78 is 0. The maximum Gasteiger partial charge on any atom is 0.163 e. The predicted molar refractivity (Wildman–Crippen MR) is 52.5 cm³/mol. The number of halogens is 1. The van der Waals surface area contributed by atoms with Gasteiger partial charge in [-0.1, -0.05) is 19.0 Å². The van der Waals surface area contributed by atoms with E-state index in [0.717, 1.165) is 5.56 Å². The fourth-order valence-corrected chi connectivity index (χ4v) is 1.75. The molecule has 0 saturated carbocycles. The molecule has 0 saturated heterocycles. The molecule has 2 nitrogen and oxygen atoms in total. The largest absolute Gasteiger partial charge is 0.506 e. The molecular formula is C10H11ClO2. The average molecular weight is 199 g/mol. The van der Waals surface area contributed by atoms with Gasteiger partial charge in [0.25, 0.3) is 0 Å². The number of fused-ring (bicyclic) bond motifs is 1. The van der Waals surface area contributed by atoms with E-state index in [1.165, 1.54) is 6.07 Å². The zero-order valence-corrected chi connectivity index (χ0v) is 7.06. The molecule has 2 rings (SSSR count). The van der Waals surface area contributed by atoms with E-state index in [9.17, 15) is 9.90 Å². The molecule has 1 aromatic rings. The van der Waals surface area contributed by atoms with E-state index in [2.05, 4.69) is 0 Å². The third-order valence-corrected chi connectivity index (χ3v) is 2.55. The fraction of sp³-hybridized carbons (Fsp3) is 0.300. The molecule has 0 aliphatic heterocycles. The summed E-state index contributed by atoms with van der Waals surface area (Å²) in [4.78, 5) is 11.2. The van der Waals surface area contributed by atoms with Crippen molar-refractivity contribution in [2.24, 2.45) is 0 Å². The number of ketones is 1. The second-order valence-electron chi connectivity index (χ2n) is 2.85. The summed E-state index contributed by atoms with van der Waals surface area (Å²) in [6.45, 7) is 0. The van der Waals surface area contributed by atoms with Crippen molar-refractivity contribution in [2.45, 2.75) is 20.3 Å². The summed E-state index contributed by atoms with van der Waals surface area (Å²) >= 11 is 5.80. The highest BCUT2D eigenvalue weighted by Crippen LogP contribution is 2.34. The Labute approximate surface area is 82.2 Å². The molecule has 0 heterocycles. The number of hydrogen-bond donors (Lipinski definition) is 1. The van der Waals surface area contributed by atoms with Crippen LogP contribution in [0.4, 0.5) is 0 Å². The Morgan fingerprint density at radius 1 is 1.31 bits per heavy atom. The van der Waals surface area contributed by atoms with Gasteiger partial charge in [-0.3, -0.25) is 4.79 Å². The monoisotopic (exact) mass is 198 g/mol. The summed E-state index contributed by atoms with van der Waals surface area (Å²) in [7, 11) is 0. The van der Waals surface area contributed by atoms with Crippen LogP contribution in [0.25, 0.3) is 0 Å². The molecule has 1 N–H and O–H groups in total. The van der Waals surface area contributed by atoms with Crippen molar-refractivity contribution in [3.8, 4) is 5.75 Å². The lowest BCUT2D eigenvalue weighted by Gasteiger charge is -2.01. The second kappa shape index (κ2) is 3.38. The van der Waals surface area contributed by atoms with Gasteiger partial charge in [0.05, 0.1) is 5.02 Å². The Morgan fingerprint density at radius 3 is 2.69 bits per heavy atom. The van der Waals surface area contributed by atoms with Crippen molar-refractivity contribution in [1.82, 2.24) is 0 Å². The van der Waals surface area contributed by atoms with Gasteiger partial charge < -0.3 is 5.11 Å². The van der Waals surface area contributed by atoms with E-state index in [1.54, 1.807) is 6.07 Å². The fourth-order valence-electron chi connectivity index (χ4n) is 1.49. The summed E-state index contributed by atoms with van der Waals surface area (Å²) in [5, 5.41) is 9.56. The number of phenols is 1. The Balaban J connectivity index is 0.000000845. The number of Topliss-reactive ketones (excluding diaryl/α,β-unsaturated/α-hetero) is 1. The molecule has 0 bridgehead atoms. The number of rotatable bonds is 0. The summed E-state index contributed by atoms with van der Waals surface area (Å²) in [6.07, 6.45) is 1.17. The van der Waals surface area contributed by atoms with Crippen molar-refractivity contribution in [3.63, 3.8) is 0 Å². The minimum Gasteiger partial charge on any atom is -0.506 e. The summed E-state index contributed by atoms with van der Waals surface area (Å²) in [5.41, 5.74) is 1.46. The smallest absolute Gasteiger partial charge is 0.163 e. The quantitative estimate of drug-likeness (QED) is 0.696. The highest BCUT2D eigenvalue weighted by Gasteiger charge is 2.22. The van der Waals surface area contributed by atoms with Crippen LogP contribution in [-0.2, 0) is 6.42 Å². The molecule has 1 aliphatic carbocycles. The maximum atomic E-state index is 11.2. The highest BCUT2D eigenvalue weighted by atomic mass is 35.5. The van der Waals surface area contributed by atoms with E-state index in [-0.39, 0.29) is 19.0 Å². The van der Waals surface area contributed by atoms with Gasteiger partial charge >= 0.3 is 0 Å². The van der Waals surface area contributed by atoms with Crippen LogP contribution in [0.1, 0.15) is 29.8 Å². The Kier molecular flexibility index (Phi) is 2.62. The van der Waals surface area contributed by atoms with Crippen LogP contribution >= 0.6 is 11.6 Å². The molecule has 0 fully saturated rings. The van der Waals surface area contributed by atoms with Crippen molar-refractivity contribution >= 4 is 17.4 Å². The maximum absolute atomic E-state index is 11.2. The SMILES string of the molecule is C.O=C1CCc2c1ccc(O)c2Cl. The van der Waals surface area contributed by atoms with Crippen LogP contribution in [0.15, 0.2) is 12.1 Å². The molecule has 1 aromatic carbocycles. The highest BCUT2D eigenvalue weighted by molar-refractivity contribution is 6.33. The van der Waals surface area contributed by atoms with E-state index in [0.29, 0.717) is 23.4 Å². The minimum atomic E-state index is 0. The number of hydrogen-bond acceptors (Lipinski definition) is 2. The first-order valence-corrected chi connectivity index (χ1v) is 4.11. The van der Waals surface area contributed by atoms with Gasteiger partial charge in [0.1, 0.15) is 5.75 Å². The van der Waals surface area contributed by atoms with E-state index >= 15 is 0 Å². The third kappa shape index (κ3) is 1.42. The molecule has 13 heavy (non-hydrogen) atoms. The first-order valence-electron chi connectivity index (χ1n) is 3.73. The molecule has 0 unspecified atom stereocenters. The molecule has 0 aromatic heterocycles. The van der Waals surface area contributed by atoms with Crippen molar-refractivity contribution < 1.29 is 9.90 Å². The molecule has 0 atom stereocenters. The lowest BCUT2D eigenvalue weighted by molar-refractivity contribution is 0.0994. The number of aromatic hydroxyl groups is 1. The van der Waals surface area contributed by atoms with Gasteiger partial charge in [-0.2, -0.15) is 0 Å². The summed E-state index contributed by atoms with van der Waals surface area (Å²) in [6, 6.07) is 3.09. The van der Waals surface area contributed by atoms with Crippen LogP contribution < -0.4 is 0 Å². The lowest BCUT2D eigenvalue weighted by atomic mass is 10.1. The molecule has 3 heteroatoms. The van der Waals surface area contributed by atoms with E-state index in [4.69, 9.17) is 11.6 Å². The molecule has 1 aliphatic rings. The standard InChI is InChI=1S/C9H7ClO2.CH4/c10-9-6-2-3-7(11)5(6)1-4-8(9)12;/h1,4,12H,2-3H2;1H4.